The molecule has 0 saturated heterocycles. The third-order valence-electron chi connectivity index (χ3n) is 3.55. The Kier molecular flexibility index (Phi) is 5.54. The summed E-state index contributed by atoms with van der Waals surface area (Å²) in [7, 11) is 3.90. The Balaban J connectivity index is 1.99. The van der Waals surface area contributed by atoms with Crippen molar-refractivity contribution in [3.05, 3.63) is 40.4 Å². The second-order valence-corrected chi connectivity index (χ2v) is 6.28. The number of hydrogen-bond donors (Lipinski definition) is 2. The number of benzene rings is 1. The van der Waals surface area contributed by atoms with Crippen LogP contribution in [0.1, 0.15) is 35.9 Å². The molecule has 6 nitrogen and oxygen atoms in total. The SMILES string of the molecule is CC(C)c1n[nH]c(=S)n1CCNC(=O)c1cccc(N(C)C)c1. The summed E-state index contributed by atoms with van der Waals surface area (Å²) in [6.07, 6.45) is 0. The molecule has 7 heteroatoms. The standard InChI is InChI=1S/C16H23N5OS/c1-11(2)14-18-19-16(23)21(14)9-8-17-15(22)12-6-5-7-13(10-12)20(3)4/h5-7,10-11H,8-9H2,1-4H3,(H,17,22)(H,19,23). The molecule has 0 fully saturated rings. The maximum atomic E-state index is 12.3. The topological polar surface area (TPSA) is 66.0 Å². The van der Waals surface area contributed by atoms with E-state index in [4.69, 9.17) is 12.2 Å². The minimum atomic E-state index is -0.0881. The van der Waals surface area contributed by atoms with E-state index >= 15 is 0 Å². The summed E-state index contributed by atoms with van der Waals surface area (Å²) in [6.45, 7) is 5.22. The number of H-pyrrole nitrogens is 1. The van der Waals surface area contributed by atoms with Crippen molar-refractivity contribution in [3.8, 4) is 0 Å². The summed E-state index contributed by atoms with van der Waals surface area (Å²) >= 11 is 5.24. The largest absolute Gasteiger partial charge is 0.378 e. The van der Waals surface area contributed by atoms with Gasteiger partial charge in [-0.2, -0.15) is 5.10 Å². The molecule has 0 aliphatic rings. The van der Waals surface area contributed by atoms with E-state index < -0.39 is 0 Å². The van der Waals surface area contributed by atoms with Crippen LogP contribution in [-0.2, 0) is 6.54 Å². The number of nitrogens with zero attached hydrogens (tertiary/aromatic N) is 3. The Morgan fingerprint density at radius 2 is 2.17 bits per heavy atom. The summed E-state index contributed by atoms with van der Waals surface area (Å²) in [5.74, 6) is 1.09. The van der Waals surface area contributed by atoms with Gasteiger partial charge in [0, 0.05) is 44.4 Å². The quantitative estimate of drug-likeness (QED) is 0.798. The van der Waals surface area contributed by atoms with Gasteiger partial charge in [-0.1, -0.05) is 19.9 Å². The van der Waals surface area contributed by atoms with Crippen LogP contribution in [0.3, 0.4) is 0 Å². The Hall–Kier alpha value is -2.15. The van der Waals surface area contributed by atoms with E-state index in [1.165, 1.54) is 0 Å². The highest BCUT2D eigenvalue weighted by Crippen LogP contribution is 2.13. The Labute approximate surface area is 141 Å². The van der Waals surface area contributed by atoms with Crippen LogP contribution in [0.25, 0.3) is 0 Å². The van der Waals surface area contributed by atoms with E-state index in [9.17, 15) is 4.79 Å². The minimum absolute atomic E-state index is 0.0881. The molecular formula is C16H23N5OS. The molecule has 0 radical (unpaired) electrons. The van der Waals surface area contributed by atoms with Gasteiger partial charge in [0.1, 0.15) is 5.82 Å². The van der Waals surface area contributed by atoms with Crippen molar-refractivity contribution in [1.29, 1.82) is 0 Å². The number of carbonyl (C=O) groups excluding carboxylic acids is 1. The average molecular weight is 333 g/mol. The molecule has 0 aliphatic heterocycles. The van der Waals surface area contributed by atoms with Crippen molar-refractivity contribution in [2.45, 2.75) is 26.3 Å². The number of rotatable bonds is 6. The summed E-state index contributed by atoms with van der Waals surface area (Å²) in [4.78, 5) is 14.2. The van der Waals surface area contributed by atoms with E-state index in [0.717, 1.165) is 11.5 Å². The second kappa shape index (κ2) is 7.41. The number of nitrogens with one attached hydrogen (secondary N) is 2. The first-order valence-corrected chi connectivity index (χ1v) is 8.01. The van der Waals surface area contributed by atoms with E-state index in [1.54, 1.807) is 0 Å². The molecule has 0 atom stereocenters. The lowest BCUT2D eigenvalue weighted by molar-refractivity contribution is 0.0952. The zero-order valence-electron chi connectivity index (χ0n) is 14.0. The monoisotopic (exact) mass is 333 g/mol. The van der Waals surface area contributed by atoms with Gasteiger partial charge in [-0.05, 0) is 30.4 Å². The summed E-state index contributed by atoms with van der Waals surface area (Å²) < 4.78 is 2.51. The lowest BCUT2D eigenvalue weighted by Crippen LogP contribution is -2.28. The van der Waals surface area contributed by atoms with Crippen LogP contribution in [0.15, 0.2) is 24.3 Å². The summed E-state index contributed by atoms with van der Waals surface area (Å²) in [5.41, 5.74) is 1.65. The van der Waals surface area contributed by atoms with Crippen molar-refractivity contribution in [1.82, 2.24) is 20.1 Å². The first-order valence-electron chi connectivity index (χ1n) is 7.61. The van der Waals surface area contributed by atoms with Crippen molar-refractivity contribution >= 4 is 23.8 Å². The van der Waals surface area contributed by atoms with Crippen molar-refractivity contribution in [2.24, 2.45) is 0 Å². The van der Waals surface area contributed by atoms with Crippen molar-refractivity contribution in [2.75, 3.05) is 25.5 Å². The molecule has 0 aliphatic carbocycles. The fourth-order valence-electron chi connectivity index (χ4n) is 2.30. The predicted octanol–water partition coefficient (Wildman–Crippen LogP) is 2.56. The molecule has 0 spiro atoms. The molecule has 1 amide bonds. The number of amides is 1. The number of anilines is 1. The van der Waals surface area contributed by atoms with Gasteiger partial charge in [0.15, 0.2) is 4.77 Å². The second-order valence-electron chi connectivity index (χ2n) is 5.89. The first-order chi connectivity index (χ1) is 10.9. The number of aromatic nitrogens is 3. The fraction of sp³-hybridized carbons (Fsp3) is 0.438. The summed E-state index contributed by atoms with van der Waals surface area (Å²) in [5, 5.41) is 9.97. The van der Waals surface area contributed by atoms with Crippen LogP contribution in [0.5, 0.6) is 0 Å². The van der Waals surface area contributed by atoms with Gasteiger partial charge < -0.3 is 14.8 Å². The Morgan fingerprint density at radius 1 is 1.43 bits per heavy atom. The highest BCUT2D eigenvalue weighted by atomic mass is 32.1. The maximum Gasteiger partial charge on any atom is 0.251 e. The van der Waals surface area contributed by atoms with Crippen LogP contribution in [0.2, 0.25) is 0 Å². The van der Waals surface area contributed by atoms with Crippen LogP contribution in [0, 0.1) is 4.77 Å². The zero-order valence-corrected chi connectivity index (χ0v) is 14.8. The molecule has 1 aromatic heterocycles. The zero-order chi connectivity index (χ0) is 17.0. The van der Waals surface area contributed by atoms with E-state index in [2.05, 4.69) is 29.4 Å². The molecule has 2 N–H and O–H groups in total. The molecule has 1 aromatic carbocycles. The van der Waals surface area contributed by atoms with Crippen LogP contribution < -0.4 is 10.2 Å². The lowest BCUT2D eigenvalue weighted by atomic mass is 10.2. The van der Waals surface area contributed by atoms with Crippen LogP contribution in [0.4, 0.5) is 5.69 Å². The van der Waals surface area contributed by atoms with Gasteiger partial charge in [-0.3, -0.25) is 9.89 Å². The van der Waals surface area contributed by atoms with E-state index in [1.807, 2.05) is 47.8 Å². The normalized spacial score (nSPS) is 10.8. The highest BCUT2D eigenvalue weighted by molar-refractivity contribution is 7.71. The molecule has 2 rings (SSSR count). The molecule has 23 heavy (non-hydrogen) atoms. The number of hydrogen-bond acceptors (Lipinski definition) is 4. The van der Waals surface area contributed by atoms with Crippen LogP contribution >= 0.6 is 12.2 Å². The smallest absolute Gasteiger partial charge is 0.251 e. The van der Waals surface area contributed by atoms with Gasteiger partial charge in [0.05, 0.1) is 0 Å². The Morgan fingerprint density at radius 3 is 2.83 bits per heavy atom. The predicted molar refractivity (Wildman–Crippen MR) is 94.6 cm³/mol. The van der Waals surface area contributed by atoms with Gasteiger partial charge in [0.2, 0.25) is 0 Å². The third kappa shape index (κ3) is 4.19. The molecule has 0 unspecified atom stereocenters. The third-order valence-corrected chi connectivity index (χ3v) is 3.86. The molecule has 2 aromatic rings. The van der Waals surface area contributed by atoms with Gasteiger partial charge >= 0.3 is 0 Å². The minimum Gasteiger partial charge on any atom is -0.378 e. The first kappa shape index (κ1) is 17.2. The van der Waals surface area contributed by atoms with Gasteiger partial charge in [0.25, 0.3) is 5.91 Å². The maximum absolute atomic E-state index is 12.3. The number of carbonyl (C=O) groups is 1. The lowest BCUT2D eigenvalue weighted by Gasteiger charge is -2.14. The number of aromatic amines is 1. The van der Waals surface area contributed by atoms with Crippen LogP contribution in [-0.4, -0.2) is 41.3 Å². The van der Waals surface area contributed by atoms with Gasteiger partial charge in [-0.15, -0.1) is 0 Å². The summed E-state index contributed by atoms with van der Waals surface area (Å²) in [6, 6.07) is 7.54. The Bertz CT molecular complexity index is 732. The average Bonchev–Trinajstić information content (AvgIpc) is 2.88. The fourth-order valence-corrected chi connectivity index (χ4v) is 2.53. The van der Waals surface area contributed by atoms with E-state index in [0.29, 0.717) is 23.4 Å². The molecular weight excluding hydrogens is 310 g/mol. The van der Waals surface area contributed by atoms with Crippen molar-refractivity contribution < 1.29 is 4.79 Å². The van der Waals surface area contributed by atoms with E-state index in [-0.39, 0.29) is 11.8 Å². The molecule has 1 heterocycles. The van der Waals surface area contributed by atoms with Gasteiger partial charge in [-0.25, -0.2) is 0 Å². The molecule has 0 saturated carbocycles. The molecule has 0 bridgehead atoms. The highest BCUT2D eigenvalue weighted by Gasteiger charge is 2.11. The molecule has 124 valence electrons. The van der Waals surface area contributed by atoms with Crippen molar-refractivity contribution in [3.63, 3.8) is 0 Å².